The zero-order chi connectivity index (χ0) is 13.8. The minimum Gasteiger partial charge on any atom is -0.305 e. The third-order valence-corrected chi connectivity index (χ3v) is 2.57. The van der Waals surface area contributed by atoms with Crippen LogP contribution < -0.4 is 5.32 Å². The Bertz CT molecular complexity index is 636. The Morgan fingerprint density at radius 3 is 2.89 bits per heavy atom. The first-order chi connectivity index (χ1) is 9.13. The first kappa shape index (κ1) is 12.8. The van der Waals surface area contributed by atoms with Crippen molar-refractivity contribution in [2.45, 2.75) is 20.4 Å². The van der Waals surface area contributed by atoms with E-state index >= 15 is 0 Å². The number of nitrogens with one attached hydrogen (secondary N) is 1. The van der Waals surface area contributed by atoms with Crippen LogP contribution in [-0.4, -0.2) is 20.7 Å². The number of nitrogens with zero attached hydrogens (tertiary/aromatic N) is 4. The summed E-state index contributed by atoms with van der Waals surface area (Å²) in [6.07, 6.45) is 1.41. The van der Waals surface area contributed by atoms with Crippen LogP contribution in [0.4, 0.5) is 5.82 Å². The molecule has 0 aliphatic rings. The van der Waals surface area contributed by atoms with E-state index in [2.05, 4.69) is 15.4 Å². The monoisotopic (exact) mass is 255 g/mol. The number of aryl methyl sites for hydroxylation is 2. The second-order valence-electron chi connectivity index (χ2n) is 3.98. The van der Waals surface area contributed by atoms with Crippen LogP contribution in [-0.2, 0) is 6.54 Å². The van der Waals surface area contributed by atoms with E-state index < -0.39 is 0 Å². The van der Waals surface area contributed by atoms with Crippen LogP contribution in [0.2, 0.25) is 0 Å². The van der Waals surface area contributed by atoms with Gasteiger partial charge in [-0.2, -0.15) is 10.4 Å². The highest BCUT2D eigenvalue weighted by atomic mass is 16.2. The molecule has 0 aliphatic carbocycles. The number of anilines is 1. The molecule has 0 aliphatic heterocycles. The Labute approximate surface area is 110 Å². The highest BCUT2D eigenvalue weighted by Crippen LogP contribution is 2.09. The minimum absolute atomic E-state index is 0.264. The molecule has 0 spiro atoms. The van der Waals surface area contributed by atoms with E-state index in [1.54, 1.807) is 22.9 Å². The third-order valence-electron chi connectivity index (χ3n) is 2.57. The fraction of sp³-hybridized carbons (Fsp3) is 0.231. The second kappa shape index (κ2) is 5.31. The smallest absolute Gasteiger partial charge is 0.275 e. The zero-order valence-corrected chi connectivity index (χ0v) is 10.7. The molecule has 0 unspecified atom stereocenters. The Balaban J connectivity index is 2.18. The summed E-state index contributed by atoms with van der Waals surface area (Å²) in [5.41, 5.74) is 1.73. The van der Waals surface area contributed by atoms with Crippen LogP contribution in [0.25, 0.3) is 0 Å². The van der Waals surface area contributed by atoms with Gasteiger partial charge >= 0.3 is 0 Å². The molecule has 19 heavy (non-hydrogen) atoms. The summed E-state index contributed by atoms with van der Waals surface area (Å²) in [5, 5.41) is 15.6. The highest BCUT2D eigenvalue weighted by Gasteiger charge is 2.13. The van der Waals surface area contributed by atoms with Crippen LogP contribution in [0.3, 0.4) is 0 Å². The van der Waals surface area contributed by atoms with Gasteiger partial charge in [0.05, 0.1) is 11.3 Å². The quantitative estimate of drug-likeness (QED) is 0.905. The van der Waals surface area contributed by atoms with Gasteiger partial charge in [0.2, 0.25) is 0 Å². The Morgan fingerprint density at radius 2 is 2.32 bits per heavy atom. The van der Waals surface area contributed by atoms with Crippen molar-refractivity contribution >= 4 is 11.7 Å². The Hall–Kier alpha value is -2.68. The van der Waals surface area contributed by atoms with Gasteiger partial charge < -0.3 is 5.32 Å². The predicted molar refractivity (Wildman–Crippen MR) is 69.5 cm³/mol. The van der Waals surface area contributed by atoms with E-state index in [1.165, 1.54) is 6.20 Å². The van der Waals surface area contributed by atoms with E-state index in [-0.39, 0.29) is 5.91 Å². The molecular weight excluding hydrogens is 242 g/mol. The summed E-state index contributed by atoms with van der Waals surface area (Å²) in [6, 6.07) is 6.89. The molecule has 1 amide bonds. The maximum Gasteiger partial charge on any atom is 0.275 e. The lowest BCUT2D eigenvalue weighted by Crippen LogP contribution is -2.17. The number of aromatic nitrogens is 3. The van der Waals surface area contributed by atoms with E-state index in [1.807, 2.05) is 19.9 Å². The molecule has 0 aromatic carbocycles. The van der Waals surface area contributed by atoms with Crippen molar-refractivity contribution in [1.82, 2.24) is 14.8 Å². The van der Waals surface area contributed by atoms with Crippen LogP contribution in [0.5, 0.6) is 0 Å². The van der Waals surface area contributed by atoms with Crippen molar-refractivity contribution < 1.29 is 4.79 Å². The molecule has 0 radical (unpaired) electrons. The van der Waals surface area contributed by atoms with Gasteiger partial charge in [-0.25, -0.2) is 4.98 Å². The molecule has 1 N–H and O–H groups in total. The number of carbonyl (C=O) groups is 1. The fourth-order valence-electron chi connectivity index (χ4n) is 1.68. The molecule has 6 heteroatoms. The largest absolute Gasteiger partial charge is 0.305 e. The molecule has 2 rings (SSSR count). The lowest BCUT2D eigenvalue weighted by atomic mass is 10.3. The first-order valence-corrected chi connectivity index (χ1v) is 5.86. The van der Waals surface area contributed by atoms with Crippen LogP contribution >= 0.6 is 0 Å². The lowest BCUT2D eigenvalue weighted by molar-refractivity contribution is 0.101. The Morgan fingerprint density at radius 1 is 1.53 bits per heavy atom. The SMILES string of the molecule is CCn1nc(C)cc1C(=O)Nc1ccc(C#N)cn1. The fourth-order valence-corrected chi connectivity index (χ4v) is 1.68. The van der Waals surface area contributed by atoms with E-state index in [4.69, 9.17) is 5.26 Å². The molecule has 96 valence electrons. The second-order valence-corrected chi connectivity index (χ2v) is 3.98. The topological polar surface area (TPSA) is 83.6 Å². The molecule has 0 saturated heterocycles. The highest BCUT2D eigenvalue weighted by molar-refractivity contribution is 6.02. The maximum absolute atomic E-state index is 12.1. The summed E-state index contributed by atoms with van der Waals surface area (Å²) >= 11 is 0. The van der Waals surface area contributed by atoms with Gasteiger partial charge in [0.1, 0.15) is 17.6 Å². The van der Waals surface area contributed by atoms with E-state index in [0.29, 0.717) is 23.6 Å². The number of nitriles is 1. The van der Waals surface area contributed by atoms with Crippen molar-refractivity contribution in [2.75, 3.05) is 5.32 Å². The standard InChI is InChI=1S/C13H13N5O/c1-3-18-11(6-9(2)17-18)13(19)16-12-5-4-10(7-14)8-15-12/h4-6,8H,3H2,1-2H3,(H,15,16,19). The van der Waals surface area contributed by atoms with E-state index in [0.717, 1.165) is 5.69 Å². The molecule has 6 nitrogen and oxygen atoms in total. The third kappa shape index (κ3) is 2.77. The molecule has 2 aromatic heterocycles. The lowest BCUT2D eigenvalue weighted by Gasteiger charge is -2.05. The maximum atomic E-state index is 12.1. The summed E-state index contributed by atoms with van der Waals surface area (Å²) in [6.45, 7) is 4.38. The van der Waals surface area contributed by atoms with Crippen molar-refractivity contribution in [1.29, 1.82) is 5.26 Å². The first-order valence-electron chi connectivity index (χ1n) is 5.86. The molecule has 2 aromatic rings. The predicted octanol–water partition coefficient (Wildman–Crippen LogP) is 1.73. The summed E-state index contributed by atoms with van der Waals surface area (Å²) in [7, 11) is 0. The van der Waals surface area contributed by atoms with Crippen LogP contribution in [0, 0.1) is 18.3 Å². The molecule has 0 atom stereocenters. The molecular formula is C13H13N5O. The molecule has 2 heterocycles. The van der Waals surface area contributed by atoms with Crippen LogP contribution in [0.1, 0.15) is 28.7 Å². The minimum atomic E-state index is -0.264. The molecule has 0 fully saturated rings. The number of hydrogen-bond donors (Lipinski definition) is 1. The molecule has 0 saturated carbocycles. The van der Waals surface area contributed by atoms with Crippen molar-refractivity contribution in [2.24, 2.45) is 0 Å². The van der Waals surface area contributed by atoms with Crippen molar-refractivity contribution in [3.8, 4) is 6.07 Å². The number of hydrogen-bond acceptors (Lipinski definition) is 4. The van der Waals surface area contributed by atoms with Gasteiger partial charge in [0.25, 0.3) is 5.91 Å². The van der Waals surface area contributed by atoms with Gasteiger partial charge in [-0.15, -0.1) is 0 Å². The molecule has 0 bridgehead atoms. The van der Waals surface area contributed by atoms with Crippen LogP contribution in [0.15, 0.2) is 24.4 Å². The Kier molecular flexibility index (Phi) is 3.57. The summed E-state index contributed by atoms with van der Waals surface area (Å²) in [4.78, 5) is 16.1. The summed E-state index contributed by atoms with van der Waals surface area (Å²) in [5.74, 6) is 0.144. The van der Waals surface area contributed by atoms with Gasteiger partial charge in [-0.1, -0.05) is 0 Å². The van der Waals surface area contributed by atoms with Gasteiger partial charge in [-0.3, -0.25) is 9.48 Å². The van der Waals surface area contributed by atoms with Gasteiger partial charge in [0.15, 0.2) is 0 Å². The number of carbonyl (C=O) groups excluding carboxylic acids is 1. The van der Waals surface area contributed by atoms with Gasteiger partial charge in [-0.05, 0) is 32.0 Å². The van der Waals surface area contributed by atoms with E-state index in [9.17, 15) is 4.79 Å². The van der Waals surface area contributed by atoms with Crippen molar-refractivity contribution in [3.63, 3.8) is 0 Å². The average Bonchev–Trinajstić information content (AvgIpc) is 2.81. The number of pyridine rings is 1. The van der Waals surface area contributed by atoms with Crippen molar-refractivity contribution in [3.05, 3.63) is 41.3 Å². The normalized spacial score (nSPS) is 9.95. The number of rotatable bonds is 3. The zero-order valence-electron chi connectivity index (χ0n) is 10.7. The number of amides is 1. The summed E-state index contributed by atoms with van der Waals surface area (Å²) < 4.78 is 1.63. The van der Waals surface area contributed by atoms with Gasteiger partial charge in [0, 0.05) is 12.7 Å². The average molecular weight is 255 g/mol.